The largest absolute Gasteiger partial charge is 0.493 e. The van der Waals surface area contributed by atoms with E-state index in [1.54, 1.807) is 7.11 Å². The van der Waals surface area contributed by atoms with Gasteiger partial charge in [0.15, 0.2) is 11.4 Å². The van der Waals surface area contributed by atoms with Gasteiger partial charge in [0.2, 0.25) is 0 Å². The maximum Gasteiger partial charge on any atom is 0.181 e. The predicted octanol–water partition coefficient (Wildman–Crippen LogP) is 2.90. The van der Waals surface area contributed by atoms with Gasteiger partial charge in [0.05, 0.1) is 7.11 Å². The number of aryl methyl sites for hydroxylation is 1. The zero-order chi connectivity index (χ0) is 13.4. The minimum absolute atomic E-state index is 0.628. The summed E-state index contributed by atoms with van der Waals surface area (Å²) in [5.74, 6) is 1.34. The Kier molecular flexibility index (Phi) is 2.63. The lowest BCUT2D eigenvalue weighted by Gasteiger charge is -2.03. The number of nitrogen functional groups attached to an aromatic ring is 1. The maximum absolute atomic E-state index is 6.21. The first-order valence-electron chi connectivity index (χ1n) is 6.09. The molecule has 0 radical (unpaired) electrons. The first kappa shape index (κ1) is 11.6. The Morgan fingerprint density at radius 2 is 1.95 bits per heavy atom. The Hall–Kier alpha value is -2.49. The molecule has 0 aliphatic rings. The number of anilines is 1. The van der Waals surface area contributed by atoms with E-state index in [1.165, 1.54) is 0 Å². The van der Waals surface area contributed by atoms with Crippen molar-refractivity contribution >= 4 is 11.5 Å². The van der Waals surface area contributed by atoms with Crippen LogP contribution < -0.4 is 10.5 Å². The maximum atomic E-state index is 6.21. The topological polar surface area (TPSA) is 52.5 Å². The smallest absolute Gasteiger partial charge is 0.181 e. The molecular formula is C15H15N3O. The van der Waals surface area contributed by atoms with E-state index in [0.717, 1.165) is 22.5 Å². The lowest BCUT2D eigenvalue weighted by molar-refractivity contribution is 0.417. The molecule has 0 amide bonds. The third-order valence-corrected chi connectivity index (χ3v) is 3.27. The van der Waals surface area contributed by atoms with Crippen molar-refractivity contribution in [3.63, 3.8) is 0 Å². The highest BCUT2D eigenvalue weighted by Gasteiger charge is 2.15. The number of rotatable bonds is 2. The van der Waals surface area contributed by atoms with Crippen LogP contribution in [0.2, 0.25) is 0 Å². The summed E-state index contributed by atoms with van der Waals surface area (Å²) >= 11 is 0. The molecule has 0 spiro atoms. The second-order valence-corrected chi connectivity index (χ2v) is 4.43. The predicted molar refractivity (Wildman–Crippen MR) is 76.3 cm³/mol. The Labute approximate surface area is 111 Å². The van der Waals surface area contributed by atoms with E-state index in [-0.39, 0.29) is 0 Å². The first-order chi connectivity index (χ1) is 9.22. The van der Waals surface area contributed by atoms with E-state index in [4.69, 9.17) is 10.5 Å². The van der Waals surface area contributed by atoms with Gasteiger partial charge in [-0.15, -0.1) is 0 Å². The van der Waals surface area contributed by atoms with Crippen LogP contribution in [0.1, 0.15) is 5.56 Å². The van der Waals surface area contributed by atoms with Crippen molar-refractivity contribution in [3.05, 3.63) is 48.2 Å². The number of hydrogen-bond donors (Lipinski definition) is 1. The van der Waals surface area contributed by atoms with Crippen molar-refractivity contribution in [2.75, 3.05) is 12.8 Å². The number of imidazole rings is 1. The Morgan fingerprint density at radius 1 is 1.16 bits per heavy atom. The summed E-state index contributed by atoms with van der Waals surface area (Å²) in [7, 11) is 1.63. The van der Waals surface area contributed by atoms with Crippen LogP contribution in [0.5, 0.6) is 5.75 Å². The van der Waals surface area contributed by atoms with E-state index in [2.05, 4.69) is 18.0 Å². The van der Waals surface area contributed by atoms with Gasteiger partial charge in [0.1, 0.15) is 11.5 Å². The molecule has 2 N–H and O–H groups in total. The van der Waals surface area contributed by atoms with E-state index >= 15 is 0 Å². The average Bonchev–Trinajstić information content (AvgIpc) is 2.77. The van der Waals surface area contributed by atoms with Crippen LogP contribution >= 0.6 is 0 Å². The molecule has 0 saturated carbocycles. The minimum atomic E-state index is 0.628. The number of fused-ring (bicyclic) bond motifs is 1. The second kappa shape index (κ2) is 4.31. The molecule has 4 nitrogen and oxygen atoms in total. The Balaban J connectivity index is 2.32. The summed E-state index contributed by atoms with van der Waals surface area (Å²) in [4.78, 5) is 4.63. The zero-order valence-corrected chi connectivity index (χ0v) is 10.9. The number of pyridine rings is 1. The number of nitrogens with zero attached hydrogens (tertiary/aromatic N) is 2. The molecule has 2 aromatic heterocycles. The molecule has 2 heterocycles. The summed E-state index contributed by atoms with van der Waals surface area (Å²) < 4.78 is 7.17. The number of aromatic nitrogens is 2. The molecule has 4 heteroatoms. The van der Waals surface area contributed by atoms with E-state index in [1.807, 2.05) is 40.9 Å². The normalized spacial score (nSPS) is 10.8. The molecule has 3 rings (SSSR count). The van der Waals surface area contributed by atoms with Crippen molar-refractivity contribution < 1.29 is 4.74 Å². The van der Waals surface area contributed by atoms with Crippen molar-refractivity contribution in [3.8, 4) is 17.0 Å². The average molecular weight is 253 g/mol. The van der Waals surface area contributed by atoms with Crippen molar-refractivity contribution in [1.29, 1.82) is 0 Å². The van der Waals surface area contributed by atoms with Gasteiger partial charge < -0.3 is 10.5 Å². The third-order valence-electron chi connectivity index (χ3n) is 3.27. The fourth-order valence-corrected chi connectivity index (χ4v) is 2.26. The molecule has 0 saturated heterocycles. The molecule has 0 aliphatic heterocycles. The van der Waals surface area contributed by atoms with E-state index in [9.17, 15) is 0 Å². The highest BCUT2D eigenvalue weighted by molar-refractivity contribution is 5.78. The van der Waals surface area contributed by atoms with Crippen molar-refractivity contribution in [1.82, 2.24) is 9.38 Å². The number of methoxy groups -OCH3 is 1. The molecule has 0 aliphatic carbocycles. The zero-order valence-electron chi connectivity index (χ0n) is 10.9. The van der Waals surface area contributed by atoms with Crippen LogP contribution in [-0.4, -0.2) is 16.5 Å². The molecule has 0 unspecified atom stereocenters. The molecule has 3 aromatic rings. The molecule has 96 valence electrons. The van der Waals surface area contributed by atoms with Crippen LogP contribution in [0, 0.1) is 6.92 Å². The van der Waals surface area contributed by atoms with Crippen LogP contribution in [0.25, 0.3) is 16.9 Å². The summed E-state index contributed by atoms with van der Waals surface area (Å²) in [6, 6.07) is 11.8. The number of hydrogen-bond acceptors (Lipinski definition) is 3. The van der Waals surface area contributed by atoms with Gasteiger partial charge in [0, 0.05) is 11.8 Å². The molecule has 1 aromatic carbocycles. The highest BCUT2D eigenvalue weighted by Crippen LogP contribution is 2.31. The second-order valence-electron chi connectivity index (χ2n) is 4.43. The molecule has 0 bridgehead atoms. The van der Waals surface area contributed by atoms with Gasteiger partial charge >= 0.3 is 0 Å². The van der Waals surface area contributed by atoms with Gasteiger partial charge in [-0.2, -0.15) is 0 Å². The third kappa shape index (κ3) is 1.73. The SMILES string of the molecule is COc1cccn2c(N)c(-c3ccccc3C)nc12. The standard InChI is InChI=1S/C15H15N3O/c1-10-6-3-4-7-11(10)13-14(16)18-9-5-8-12(19-2)15(18)17-13/h3-9H,16H2,1-2H3. The fraction of sp³-hybridized carbons (Fsp3) is 0.133. The summed E-state index contributed by atoms with van der Waals surface area (Å²) in [5, 5.41) is 0. The lowest BCUT2D eigenvalue weighted by Crippen LogP contribution is -1.95. The quantitative estimate of drug-likeness (QED) is 0.764. The molecular weight excluding hydrogens is 238 g/mol. The van der Waals surface area contributed by atoms with Gasteiger partial charge in [-0.3, -0.25) is 4.40 Å². The highest BCUT2D eigenvalue weighted by atomic mass is 16.5. The van der Waals surface area contributed by atoms with Crippen LogP contribution in [0.3, 0.4) is 0 Å². The summed E-state index contributed by atoms with van der Waals surface area (Å²) in [6.07, 6.45) is 1.89. The summed E-state index contributed by atoms with van der Waals surface area (Å²) in [6.45, 7) is 2.05. The van der Waals surface area contributed by atoms with Crippen LogP contribution in [-0.2, 0) is 0 Å². The molecule has 0 fully saturated rings. The number of benzene rings is 1. The fourth-order valence-electron chi connectivity index (χ4n) is 2.26. The van der Waals surface area contributed by atoms with Crippen LogP contribution in [0.4, 0.5) is 5.82 Å². The van der Waals surface area contributed by atoms with Crippen molar-refractivity contribution in [2.24, 2.45) is 0 Å². The number of nitrogens with two attached hydrogens (primary N) is 1. The summed E-state index contributed by atoms with van der Waals surface area (Å²) in [5.41, 5.74) is 9.94. The lowest BCUT2D eigenvalue weighted by atomic mass is 10.1. The molecule has 0 atom stereocenters. The Morgan fingerprint density at radius 3 is 2.68 bits per heavy atom. The van der Waals surface area contributed by atoms with Crippen LogP contribution in [0.15, 0.2) is 42.6 Å². The van der Waals surface area contributed by atoms with E-state index in [0.29, 0.717) is 11.6 Å². The first-order valence-corrected chi connectivity index (χ1v) is 6.09. The van der Waals surface area contributed by atoms with Gasteiger partial charge in [-0.05, 0) is 24.6 Å². The van der Waals surface area contributed by atoms with Crippen molar-refractivity contribution in [2.45, 2.75) is 6.92 Å². The van der Waals surface area contributed by atoms with Gasteiger partial charge in [0.25, 0.3) is 0 Å². The number of ether oxygens (including phenoxy) is 1. The molecule has 19 heavy (non-hydrogen) atoms. The monoisotopic (exact) mass is 253 g/mol. The van der Waals surface area contributed by atoms with Gasteiger partial charge in [-0.25, -0.2) is 4.98 Å². The Bertz CT molecular complexity index is 746. The van der Waals surface area contributed by atoms with Gasteiger partial charge in [-0.1, -0.05) is 24.3 Å². The van der Waals surface area contributed by atoms with E-state index < -0.39 is 0 Å². The minimum Gasteiger partial charge on any atom is -0.493 e.